The van der Waals surface area contributed by atoms with Gasteiger partial charge in [0, 0.05) is 20.6 Å². The molecule has 72 valence electrons. The fraction of sp³-hybridized carbons (Fsp3) is 1.00. The van der Waals surface area contributed by atoms with Gasteiger partial charge < -0.3 is 19.3 Å². The van der Waals surface area contributed by atoms with E-state index in [1.54, 1.807) is 14.2 Å². The molecule has 0 aromatic carbocycles. The Morgan fingerprint density at radius 1 is 1.42 bits per heavy atom. The number of hydrogen-bond donors (Lipinski definition) is 1. The van der Waals surface area contributed by atoms with Crippen molar-refractivity contribution in [2.45, 2.75) is 31.3 Å². The highest BCUT2D eigenvalue weighted by molar-refractivity contribution is 4.74. The van der Waals surface area contributed by atoms with E-state index in [1.165, 1.54) is 0 Å². The summed E-state index contributed by atoms with van der Waals surface area (Å²) in [6.45, 7) is 0.418. The van der Waals surface area contributed by atoms with Crippen LogP contribution in [-0.2, 0) is 14.2 Å². The SMILES string of the molecule is COC[C@H]1O[C@H](OC)CC[C@H]1O. The Bertz CT molecular complexity index is 128. The van der Waals surface area contributed by atoms with Crippen LogP contribution in [-0.4, -0.2) is 44.4 Å². The lowest BCUT2D eigenvalue weighted by atomic mass is 10.1. The summed E-state index contributed by atoms with van der Waals surface area (Å²) in [5.41, 5.74) is 0. The Balaban J connectivity index is 2.36. The van der Waals surface area contributed by atoms with Crippen molar-refractivity contribution < 1.29 is 19.3 Å². The molecular weight excluding hydrogens is 160 g/mol. The molecule has 3 atom stereocenters. The first-order valence-corrected chi connectivity index (χ1v) is 4.13. The van der Waals surface area contributed by atoms with Crippen LogP contribution in [0.25, 0.3) is 0 Å². The minimum absolute atomic E-state index is 0.187. The number of rotatable bonds is 3. The Hall–Kier alpha value is -0.160. The van der Waals surface area contributed by atoms with Gasteiger partial charge in [0.1, 0.15) is 6.10 Å². The van der Waals surface area contributed by atoms with Crippen LogP contribution in [0, 0.1) is 0 Å². The number of hydrogen-bond acceptors (Lipinski definition) is 4. The van der Waals surface area contributed by atoms with Crippen LogP contribution < -0.4 is 0 Å². The molecule has 1 N–H and O–H groups in total. The molecule has 0 saturated carbocycles. The first kappa shape index (κ1) is 9.92. The van der Waals surface area contributed by atoms with Gasteiger partial charge in [0.15, 0.2) is 6.29 Å². The van der Waals surface area contributed by atoms with E-state index < -0.39 is 6.10 Å². The Labute approximate surface area is 72.4 Å². The van der Waals surface area contributed by atoms with Crippen molar-refractivity contribution in [3.05, 3.63) is 0 Å². The molecule has 1 aliphatic heterocycles. The molecule has 0 spiro atoms. The molecule has 0 aromatic heterocycles. The first-order valence-electron chi connectivity index (χ1n) is 4.13. The maximum atomic E-state index is 9.45. The summed E-state index contributed by atoms with van der Waals surface area (Å²) in [5.74, 6) is 0. The van der Waals surface area contributed by atoms with Gasteiger partial charge in [-0.25, -0.2) is 0 Å². The fourth-order valence-electron chi connectivity index (χ4n) is 1.33. The molecule has 0 aromatic rings. The van der Waals surface area contributed by atoms with Gasteiger partial charge in [0.2, 0.25) is 0 Å². The second-order valence-corrected chi connectivity index (χ2v) is 2.94. The van der Waals surface area contributed by atoms with Gasteiger partial charge in [-0.2, -0.15) is 0 Å². The molecule has 0 radical (unpaired) electrons. The summed E-state index contributed by atoms with van der Waals surface area (Å²) in [5, 5.41) is 9.45. The molecule has 0 unspecified atom stereocenters. The smallest absolute Gasteiger partial charge is 0.157 e. The van der Waals surface area contributed by atoms with Crippen molar-refractivity contribution in [1.29, 1.82) is 0 Å². The zero-order valence-corrected chi connectivity index (χ0v) is 7.53. The van der Waals surface area contributed by atoms with Crippen LogP contribution in [0.2, 0.25) is 0 Å². The summed E-state index contributed by atoms with van der Waals surface area (Å²) >= 11 is 0. The van der Waals surface area contributed by atoms with Crippen LogP contribution in [0.1, 0.15) is 12.8 Å². The van der Waals surface area contributed by atoms with Gasteiger partial charge in [-0.05, 0) is 6.42 Å². The number of methoxy groups -OCH3 is 2. The van der Waals surface area contributed by atoms with E-state index in [4.69, 9.17) is 14.2 Å². The van der Waals surface area contributed by atoms with Crippen molar-refractivity contribution in [3.63, 3.8) is 0 Å². The Kier molecular flexibility index (Phi) is 3.94. The minimum atomic E-state index is -0.420. The average Bonchev–Trinajstić information content (AvgIpc) is 2.09. The Morgan fingerprint density at radius 2 is 2.17 bits per heavy atom. The molecule has 0 aliphatic carbocycles. The summed E-state index contributed by atoms with van der Waals surface area (Å²) in [6, 6.07) is 0. The van der Waals surface area contributed by atoms with Gasteiger partial charge >= 0.3 is 0 Å². The molecule has 4 nitrogen and oxygen atoms in total. The molecule has 1 rings (SSSR count). The van der Waals surface area contributed by atoms with Gasteiger partial charge in [0.25, 0.3) is 0 Å². The van der Waals surface area contributed by atoms with Crippen LogP contribution in [0.4, 0.5) is 0 Å². The molecule has 1 heterocycles. The van der Waals surface area contributed by atoms with E-state index in [9.17, 15) is 5.11 Å². The second kappa shape index (κ2) is 4.77. The zero-order valence-electron chi connectivity index (χ0n) is 7.53. The van der Waals surface area contributed by atoms with Crippen LogP contribution >= 0.6 is 0 Å². The minimum Gasteiger partial charge on any atom is -0.390 e. The van der Waals surface area contributed by atoms with E-state index in [0.29, 0.717) is 13.0 Å². The van der Waals surface area contributed by atoms with E-state index in [1.807, 2.05) is 0 Å². The molecule has 1 saturated heterocycles. The Morgan fingerprint density at radius 3 is 2.75 bits per heavy atom. The third-order valence-corrected chi connectivity index (χ3v) is 2.05. The van der Waals surface area contributed by atoms with Crippen molar-refractivity contribution in [1.82, 2.24) is 0 Å². The molecule has 0 bridgehead atoms. The standard InChI is InChI=1S/C8H16O4/c1-10-5-7-6(9)3-4-8(11-2)12-7/h6-9H,3-5H2,1-2H3/t6-,7-,8+/m1/s1. The van der Waals surface area contributed by atoms with Crippen molar-refractivity contribution in [2.24, 2.45) is 0 Å². The lowest BCUT2D eigenvalue weighted by molar-refractivity contribution is -0.221. The van der Waals surface area contributed by atoms with Crippen molar-refractivity contribution >= 4 is 0 Å². The predicted molar refractivity (Wildman–Crippen MR) is 42.8 cm³/mol. The first-order chi connectivity index (χ1) is 5.77. The van der Waals surface area contributed by atoms with Gasteiger partial charge in [-0.3, -0.25) is 0 Å². The summed E-state index contributed by atoms with van der Waals surface area (Å²) < 4.78 is 15.3. The zero-order chi connectivity index (χ0) is 8.97. The third-order valence-electron chi connectivity index (χ3n) is 2.05. The molecule has 1 fully saturated rings. The van der Waals surface area contributed by atoms with E-state index in [2.05, 4.69) is 0 Å². The predicted octanol–water partition coefficient (Wildman–Crippen LogP) is 0.145. The normalized spacial score (nSPS) is 36.8. The molecular formula is C8H16O4. The van der Waals surface area contributed by atoms with E-state index in [0.717, 1.165) is 6.42 Å². The maximum Gasteiger partial charge on any atom is 0.157 e. The lowest BCUT2D eigenvalue weighted by Gasteiger charge is -2.32. The molecule has 12 heavy (non-hydrogen) atoms. The fourth-order valence-corrected chi connectivity index (χ4v) is 1.33. The highest BCUT2D eigenvalue weighted by Gasteiger charge is 2.29. The van der Waals surface area contributed by atoms with Gasteiger partial charge in [-0.1, -0.05) is 0 Å². The molecule has 4 heteroatoms. The van der Waals surface area contributed by atoms with Crippen LogP contribution in [0.5, 0.6) is 0 Å². The van der Waals surface area contributed by atoms with Gasteiger partial charge in [-0.15, -0.1) is 0 Å². The highest BCUT2D eigenvalue weighted by Crippen LogP contribution is 2.19. The van der Waals surface area contributed by atoms with E-state index >= 15 is 0 Å². The van der Waals surface area contributed by atoms with Crippen LogP contribution in [0.15, 0.2) is 0 Å². The van der Waals surface area contributed by atoms with Crippen molar-refractivity contribution in [3.8, 4) is 0 Å². The van der Waals surface area contributed by atoms with Gasteiger partial charge in [0.05, 0.1) is 12.7 Å². The molecule has 0 amide bonds. The quantitative estimate of drug-likeness (QED) is 0.664. The second-order valence-electron chi connectivity index (χ2n) is 2.94. The topological polar surface area (TPSA) is 47.9 Å². The largest absolute Gasteiger partial charge is 0.390 e. The third kappa shape index (κ3) is 2.42. The van der Waals surface area contributed by atoms with E-state index in [-0.39, 0.29) is 12.4 Å². The lowest BCUT2D eigenvalue weighted by Crippen LogP contribution is -2.42. The summed E-state index contributed by atoms with van der Waals surface area (Å²) in [4.78, 5) is 0. The van der Waals surface area contributed by atoms with Crippen molar-refractivity contribution in [2.75, 3.05) is 20.8 Å². The average molecular weight is 176 g/mol. The monoisotopic (exact) mass is 176 g/mol. The summed E-state index contributed by atoms with van der Waals surface area (Å²) in [7, 11) is 3.19. The maximum absolute atomic E-state index is 9.45. The number of aliphatic hydroxyl groups excluding tert-OH is 1. The highest BCUT2D eigenvalue weighted by atomic mass is 16.7. The molecule has 1 aliphatic rings. The number of ether oxygens (including phenoxy) is 3. The number of aliphatic hydroxyl groups is 1. The summed E-state index contributed by atoms with van der Waals surface area (Å²) in [6.07, 6.45) is 0.614. The van der Waals surface area contributed by atoms with Crippen LogP contribution in [0.3, 0.4) is 0 Å².